The second-order valence-electron chi connectivity index (χ2n) is 4.02. The lowest BCUT2D eigenvalue weighted by Gasteiger charge is -2.20. The lowest BCUT2D eigenvalue weighted by molar-refractivity contribution is -0.137. The maximum atomic E-state index is 11.9. The van der Waals surface area contributed by atoms with Crippen LogP contribution in [0, 0.1) is 18.3 Å². The third kappa shape index (κ3) is 5.08. The molecular weight excluding hydrogens is 246 g/mol. The molecule has 0 saturated heterocycles. The molecule has 6 heteroatoms. The number of carboxylic acids is 1. The predicted molar refractivity (Wildman–Crippen MR) is 69.6 cm³/mol. The van der Waals surface area contributed by atoms with Gasteiger partial charge in [0.15, 0.2) is 0 Å². The minimum absolute atomic E-state index is 0.0838. The molecule has 1 aromatic carbocycles. The van der Waals surface area contributed by atoms with Gasteiger partial charge in [-0.3, -0.25) is 4.79 Å². The first kappa shape index (κ1) is 14.5. The number of aryl methyl sites for hydroxylation is 1. The van der Waals surface area contributed by atoms with Crippen molar-refractivity contribution in [2.24, 2.45) is 0 Å². The van der Waals surface area contributed by atoms with Crippen LogP contribution in [-0.2, 0) is 4.79 Å². The van der Waals surface area contributed by atoms with Crippen LogP contribution in [0.3, 0.4) is 0 Å². The number of hydrogen-bond donors (Lipinski definition) is 2. The fraction of sp³-hybridized carbons (Fsp3) is 0.308. The van der Waals surface area contributed by atoms with E-state index < -0.39 is 18.5 Å². The largest absolute Gasteiger partial charge is 0.480 e. The molecule has 0 atom stereocenters. The zero-order valence-electron chi connectivity index (χ0n) is 10.6. The molecule has 6 nitrogen and oxygen atoms in total. The van der Waals surface area contributed by atoms with Crippen LogP contribution in [0.1, 0.15) is 12.0 Å². The number of rotatable bonds is 5. The SMILES string of the molecule is Cc1cccc(NC(=O)N(CCC#N)CC(=O)O)c1. The van der Waals surface area contributed by atoms with E-state index in [1.54, 1.807) is 18.2 Å². The summed E-state index contributed by atoms with van der Waals surface area (Å²) in [6.07, 6.45) is 0.0918. The van der Waals surface area contributed by atoms with E-state index in [4.69, 9.17) is 10.4 Å². The molecule has 0 fully saturated rings. The molecule has 19 heavy (non-hydrogen) atoms. The van der Waals surface area contributed by atoms with Gasteiger partial charge in [0.1, 0.15) is 6.54 Å². The molecule has 2 amide bonds. The minimum Gasteiger partial charge on any atom is -0.480 e. The lowest BCUT2D eigenvalue weighted by Crippen LogP contribution is -2.39. The van der Waals surface area contributed by atoms with Crippen LogP contribution >= 0.6 is 0 Å². The Kier molecular flexibility index (Phi) is 5.35. The fourth-order valence-corrected chi connectivity index (χ4v) is 1.53. The predicted octanol–water partition coefficient (Wildman–Crippen LogP) is 1.83. The average Bonchev–Trinajstić information content (AvgIpc) is 2.34. The zero-order chi connectivity index (χ0) is 14.3. The molecule has 0 aromatic heterocycles. The molecular formula is C13H15N3O3. The standard InChI is InChI=1S/C13H15N3O3/c1-10-4-2-5-11(8-10)15-13(19)16(7-3-6-14)9-12(17)18/h2,4-5,8H,3,7,9H2,1H3,(H,15,19)(H,17,18). The summed E-state index contributed by atoms with van der Waals surface area (Å²) in [5.41, 5.74) is 1.58. The van der Waals surface area contributed by atoms with Gasteiger partial charge in [0.25, 0.3) is 0 Å². The number of amides is 2. The molecule has 0 aliphatic carbocycles. The highest BCUT2D eigenvalue weighted by molar-refractivity contribution is 5.91. The van der Waals surface area contributed by atoms with E-state index in [2.05, 4.69) is 5.32 Å². The van der Waals surface area contributed by atoms with Crippen LogP contribution in [0.2, 0.25) is 0 Å². The van der Waals surface area contributed by atoms with Crippen molar-refractivity contribution in [3.63, 3.8) is 0 Å². The summed E-state index contributed by atoms with van der Waals surface area (Å²) in [5.74, 6) is -1.11. The Hall–Kier alpha value is -2.55. The van der Waals surface area contributed by atoms with E-state index in [9.17, 15) is 9.59 Å². The summed E-state index contributed by atoms with van der Waals surface area (Å²) in [5, 5.41) is 19.9. The highest BCUT2D eigenvalue weighted by Gasteiger charge is 2.16. The molecule has 0 aliphatic rings. The number of nitrogens with one attached hydrogen (secondary N) is 1. The highest BCUT2D eigenvalue weighted by atomic mass is 16.4. The van der Waals surface area contributed by atoms with Crippen molar-refractivity contribution in [2.75, 3.05) is 18.4 Å². The normalized spacial score (nSPS) is 9.47. The number of benzene rings is 1. The number of aliphatic carboxylic acids is 1. The Labute approximate surface area is 111 Å². The highest BCUT2D eigenvalue weighted by Crippen LogP contribution is 2.10. The van der Waals surface area contributed by atoms with Gasteiger partial charge >= 0.3 is 12.0 Å². The molecule has 0 aliphatic heterocycles. The van der Waals surface area contributed by atoms with Crippen LogP contribution in [0.25, 0.3) is 0 Å². The first-order valence-electron chi connectivity index (χ1n) is 5.74. The van der Waals surface area contributed by atoms with Crippen molar-refractivity contribution in [2.45, 2.75) is 13.3 Å². The fourth-order valence-electron chi connectivity index (χ4n) is 1.53. The smallest absolute Gasteiger partial charge is 0.323 e. The van der Waals surface area contributed by atoms with Crippen molar-refractivity contribution in [1.29, 1.82) is 5.26 Å². The maximum absolute atomic E-state index is 11.9. The van der Waals surface area contributed by atoms with Gasteiger partial charge in [0.2, 0.25) is 0 Å². The summed E-state index contributed by atoms with van der Waals surface area (Å²) < 4.78 is 0. The summed E-state index contributed by atoms with van der Waals surface area (Å²) in [6, 6.07) is 8.54. The topological polar surface area (TPSA) is 93.4 Å². The van der Waals surface area contributed by atoms with Crippen LogP contribution in [-0.4, -0.2) is 35.1 Å². The molecule has 0 saturated carbocycles. The monoisotopic (exact) mass is 261 g/mol. The molecule has 1 aromatic rings. The first-order valence-corrected chi connectivity index (χ1v) is 5.74. The van der Waals surface area contributed by atoms with Crippen LogP contribution in [0.15, 0.2) is 24.3 Å². The van der Waals surface area contributed by atoms with E-state index >= 15 is 0 Å². The van der Waals surface area contributed by atoms with Crippen LogP contribution in [0.4, 0.5) is 10.5 Å². The first-order chi connectivity index (χ1) is 9.02. The number of hydrogen-bond acceptors (Lipinski definition) is 3. The third-order valence-corrected chi connectivity index (χ3v) is 2.38. The minimum atomic E-state index is -1.11. The Morgan fingerprint density at radius 2 is 2.21 bits per heavy atom. The molecule has 100 valence electrons. The second-order valence-corrected chi connectivity index (χ2v) is 4.02. The van der Waals surface area contributed by atoms with Crippen molar-refractivity contribution in [3.8, 4) is 6.07 Å². The lowest BCUT2D eigenvalue weighted by atomic mass is 10.2. The van der Waals surface area contributed by atoms with Gasteiger partial charge < -0.3 is 15.3 Å². The number of nitrogens with zero attached hydrogens (tertiary/aromatic N) is 2. The molecule has 0 unspecified atom stereocenters. The van der Waals surface area contributed by atoms with Gasteiger partial charge in [-0.15, -0.1) is 0 Å². The van der Waals surface area contributed by atoms with E-state index in [0.717, 1.165) is 10.5 Å². The Bertz CT molecular complexity index is 508. The second kappa shape index (κ2) is 7.01. The van der Waals surface area contributed by atoms with Crippen molar-refractivity contribution in [1.82, 2.24) is 4.90 Å². The molecule has 0 bridgehead atoms. The molecule has 0 radical (unpaired) electrons. The number of carboxylic acid groups (broad SMARTS) is 1. The maximum Gasteiger partial charge on any atom is 0.323 e. The molecule has 0 spiro atoms. The summed E-state index contributed by atoms with van der Waals surface area (Å²) >= 11 is 0. The van der Waals surface area contributed by atoms with Gasteiger partial charge in [-0.25, -0.2) is 4.79 Å². The van der Waals surface area contributed by atoms with Gasteiger partial charge in [-0.2, -0.15) is 5.26 Å². The van der Waals surface area contributed by atoms with E-state index in [0.29, 0.717) is 5.69 Å². The number of carbonyl (C=O) groups excluding carboxylic acids is 1. The summed E-state index contributed by atoms with van der Waals surface area (Å²) in [7, 11) is 0. The number of urea groups is 1. The van der Waals surface area contributed by atoms with Crippen molar-refractivity contribution < 1.29 is 14.7 Å². The Morgan fingerprint density at radius 3 is 2.79 bits per heavy atom. The van der Waals surface area contributed by atoms with E-state index in [1.807, 2.05) is 19.1 Å². The van der Waals surface area contributed by atoms with Gasteiger partial charge in [0, 0.05) is 12.2 Å². The van der Waals surface area contributed by atoms with Crippen LogP contribution in [0.5, 0.6) is 0 Å². The molecule has 1 rings (SSSR count). The Morgan fingerprint density at radius 1 is 1.47 bits per heavy atom. The summed E-state index contributed by atoms with van der Waals surface area (Å²) in [6.45, 7) is 1.54. The van der Waals surface area contributed by atoms with Gasteiger partial charge in [-0.05, 0) is 24.6 Å². The zero-order valence-corrected chi connectivity index (χ0v) is 10.6. The number of carbonyl (C=O) groups is 2. The van der Waals surface area contributed by atoms with Crippen LogP contribution < -0.4 is 5.32 Å². The number of anilines is 1. The van der Waals surface area contributed by atoms with Crippen molar-refractivity contribution in [3.05, 3.63) is 29.8 Å². The summed E-state index contributed by atoms with van der Waals surface area (Å²) in [4.78, 5) is 23.7. The van der Waals surface area contributed by atoms with Gasteiger partial charge in [0.05, 0.1) is 12.5 Å². The molecule has 0 heterocycles. The van der Waals surface area contributed by atoms with Gasteiger partial charge in [-0.1, -0.05) is 12.1 Å². The third-order valence-electron chi connectivity index (χ3n) is 2.38. The average molecular weight is 261 g/mol. The molecule has 2 N–H and O–H groups in total. The quantitative estimate of drug-likeness (QED) is 0.845. The van der Waals surface area contributed by atoms with E-state index in [1.165, 1.54) is 0 Å². The number of nitriles is 1. The van der Waals surface area contributed by atoms with E-state index in [-0.39, 0.29) is 13.0 Å². The Balaban J connectivity index is 2.70. The van der Waals surface area contributed by atoms with Crippen molar-refractivity contribution >= 4 is 17.7 Å².